The Morgan fingerprint density at radius 3 is 2.85 bits per heavy atom. The minimum Gasteiger partial charge on any atom is -0.274 e. The Morgan fingerprint density at radius 1 is 1.23 bits per heavy atom. The van der Waals surface area contributed by atoms with Gasteiger partial charge in [-0.05, 0) is 24.6 Å². The number of hydrogen-bond donors (Lipinski definition) is 0. The number of aliphatic imine (C=N–C) groups is 1. The third kappa shape index (κ3) is 3.50. The molecule has 0 amide bonds. The summed E-state index contributed by atoms with van der Waals surface area (Å²) >= 11 is 3.34. The van der Waals surface area contributed by atoms with Crippen molar-refractivity contribution in [1.29, 1.82) is 0 Å². The highest BCUT2D eigenvalue weighted by molar-refractivity contribution is 8.15. The Kier molecular flexibility index (Phi) is 4.52. The molecule has 3 nitrogen and oxygen atoms in total. The minimum absolute atomic E-state index is 0.0298. The lowest BCUT2D eigenvalue weighted by Gasteiger charge is -2.33. The highest BCUT2D eigenvalue weighted by Crippen LogP contribution is 2.39. The van der Waals surface area contributed by atoms with Gasteiger partial charge >= 0.3 is 0 Å². The first-order valence-electron chi connectivity index (χ1n) is 8.31. The fourth-order valence-electron chi connectivity index (χ4n) is 3.17. The fourth-order valence-corrected chi connectivity index (χ4v) is 5.09. The van der Waals surface area contributed by atoms with Crippen LogP contribution >= 0.6 is 23.1 Å². The van der Waals surface area contributed by atoms with E-state index in [0.717, 1.165) is 34.5 Å². The SMILES string of the molecule is CC1(C)CC(Cc2nccs2)N=C(c2cnc3c(F)c(F)ccc3c2)S1. The van der Waals surface area contributed by atoms with E-state index >= 15 is 0 Å². The smallest absolute Gasteiger partial charge is 0.184 e. The average Bonchev–Trinajstić information content (AvgIpc) is 3.09. The molecule has 0 N–H and O–H groups in total. The molecule has 7 heteroatoms. The molecule has 0 bridgehead atoms. The van der Waals surface area contributed by atoms with Gasteiger partial charge in [-0.1, -0.05) is 25.6 Å². The number of hydrogen-bond acceptors (Lipinski definition) is 5. The summed E-state index contributed by atoms with van der Waals surface area (Å²) in [5.74, 6) is -1.79. The molecule has 0 radical (unpaired) electrons. The number of nitrogens with zero attached hydrogens (tertiary/aromatic N) is 3. The van der Waals surface area contributed by atoms with Crippen LogP contribution < -0.4 is 0 Å². The third-order valence-electron chi connectivity index (χ3n) is 4.28. The summed E-state index contributed by atoms with van der Waals surface area (Å²) in [6.07, 6.45) is 5.17. The van der Waals surface area contributed by atoms with Gasteiger partial charge in [0.2, 0.25) is 0 Å². The molecule has 134 valence electrons. The van der Waals surface area contributed by atoms with E-state index in [1.807, 2.05) is 17.6 Å². The number of rotatable bonds is 3. The molecule has 1 unspecified atom stereocenters. The van der Waals surface area contributed by atoms with Crippen LogP contribution in [0.1, 0.15) is 30.8 Å². The maximum absolute atomic E-state index is 13.9. The van der Waals surface area contributed by atoms with Crippen molar-refractivity contribution in [2.45, 2.75) is 37.5 Å². The van der Waals surface area contributed by atoms with Crippen LogP contribution in [0.4, 0.5) is 8.78 Å². The zero-order valence-corrected chi connectivity index (χ0v) is 16.0. The minimum atomic E-state index is -0.908. The van der Waals surface area contributed by atoms with E-state index in [1.54, 1.807) is 35.4 Å². The monoisotopic (exact) mass is 389 g/mol. The summed E-state index contributed by atoms with van der Waals surface area (Å²) in [6.45, 7) is 4.40. The molecule has 26 heavy (non-hydrogen) atoms. The number of benzene rings is 1. The molecule has 0 saturated heterocycles. The van der Waals surface area contributed by atoms with E-state index in [0.29, 0.717) is 5.39 Å². The van der Waals surface area contributed by atoms with Crippen molar-refractivity contribution in [2.24, 2.45) is 4.99 Å². The topological polar surface area (TPSA) is 38.1 Å². The Labute approximate surface area is 158 Å². The lowest BCUT2D eigenvalue weighted by Crippen LogP contribution is -2.31. The number of halogens is 2. The first-order valence-corrected chi connectivity index (χ1v) is 10.0. The van der Waals surface area contributed by atoms with Gasteiger partial charge in [0.05, 0.1) is 11.0 Å². The van der Waals surface area contributed by atoms with Crippen LogP contribution in [0.15, 0.2) is 41.0 Å². The van der Waals surface area contributed by atoms with Gasteiger partial charge in [-0.3, -0.25) is 9.98 Å². The zero-order valence-electron chi connectivity index (χ0n) is 14.4. The lowest BCUT2D eigenvalue weighted by molar-refractivity contribution is 0.515. The lowest BCUT2D eigenvalue weighted by atomic mass is 10.0. The predicted octanol–water partition coefficient (Wildman–Crippen LogP) is 5.24. The normalized spacial score (nSPS) is 19.5. The second-order valence-corrected chi connectivity index (χ2v) is 9.62. The van der Waals surface area contributed by atoms with E-state index in [4.69, 9.17) is 4.99 Å². The van der Waals surface area contributed by atoms with Gasteiger partial charge in [-0.2, -0.15) is 0 Å². The van der Waals surface area contributed by atoms with E-state index in [9.17, 15) is 8.78 Å². The van der Waals surface area contributed by atoms with Crippen molar-refractivity contribution >= 4 is 39.0 Å². The Hall–Kier alpha value is -1.86. The standard InChI is InChI=1S/C19H17F2N3S2/c1-19(2)9-13(8-15-22-5-6-25-15)24-18(26-19)12-7-11-3-4-14(20)16(21)17(11)23-10-12/h3-7,10,13H,8-9H2,1-2H3. The Morgan fingerprint density at radius 2 is 2.08 bits per heavy atom. The molecule has 3 aromatic rings. The summed E-state index contributed by atoms with van der Waals surface area (Å²) in [4.78, 5) is 13.4. The van der Waals surface area contributed by atoms with Gasteiger partial charge in [0.15, 0.2) is 11.6 Å². The number of aromatic nitrogens is 2. The van der Waals surface area contributed by atoms with Crippen molar-refractivity contribution in [3.8, 4) is 0 Å². The van der Waals surface area contributed by atoms with Crippen LogP contribution in [-0.4, -0.2) is 25.8 Å². The number of thiazole rings is 1. The van der Waals surface area contributed by atoms with E-state index in [-0.39, 0.29) is 16.3 Å². The molecule has 0 aliphatic carbocycles. The molecule has 1 aliphatic rings. The zero-order chi connectivity index (χ0) is 18.3. The highest BCUT2D eigenvalue weighted by Gasteiger charge is 2.32. The maximum Gasteiger partial charge on any atom is 0.184 e. The molecule has 4 rings (SSSR count). The molecule has 1 atom stereocenters. The first-order chi connectivity index (χ1) is 12.4. The molecule has 0 spiro atoms. The van der Waals surface area contributed by atoms with Crippen molar-refractivity contribution in [3.05, 3.63) is 58.2 Å². The summed E-state index contributed by atoms with van der Waals surface area (Å²) < 4.78 is 27.3. The van der Waals surface area contributed by atoms with Crippen LogP contribution in [0.3, 0.4) is 0 Å². The molecular weight excluding hydrogens is 372 g/mol. The number of fused-ring (bicyclic) bond motifs is 1. The van der Waals surface area contributed by atoms with Crippen LogP contribution in [-0.2, 0) is 6.42 Å². The second kappa shape index (κ2) is 6.70. The van der Waals surface area contributed by atoms with Crippen molar-refractivity contribution in [3.63, 3.8) is 0 Å². The Balaban J connectivity index is 1.71. The molecule has 0 saturated carbocycles. The van der Waals surface area contributed by atoms with E-state index < -0.39 is 11.6 Å². The number of thioether (sulfide) groups is 1. The van der Waals surface area contributed by atoms with Gasteiger partial charge < -0.3 is 0 Å². The van der Waals surface area contributed by atoms with Crippen molar-refractivity contribution in [2.75, 3.05) is 0 Å². The molecule has 2 aromatic heterocycles. The van der Waals surface area contributed by atoms with Crippen molar-refractivity contribution < 1.29 is 8.78 Å². The summed E-state index contributed by atoms with van der Waals surface area (Å²) in [6, 6.07) is 4.66. The van der Waals surface area contributed by atoms with Crippen molar-refractivity contribution in [1.82, 2.24) is 9.97 Å². The fraction of sp³-hybridized carbons (Fsp3) is 0.316. The summed E-state index contributed by atoms with van der Waals surface area (Å²) in [5, 5.41) is 4.52. The predicted molar refractivity (Wildman–Crippen MR) is 104 cm³/mol. The second-order valence-electron chi connectivity index (χ2n) is 6.94. The molecule has 1 aliphatic heterocycles. The number of pyridine rings is 1. The summed E-state index contributed by atoms with van der Waals surface area (Å²) in [7, 11) is 0. The van der Waals surface area contributed by atoms with E-state index in [2.05, 4.69) is 23.8 Å². The molecule has 0 fully saturated rings. The van der Waals surface area contributed by atoms with Crippen LogP contribution in [0.5, 0.6) is 0 Å². The van der Waals surface area contributed by atoms with Gasteiger partial charge in [-0.15, -0.1) is 11.3 Å². The van der Waals surface area contributed by atoms with Crippen LogP contribution in [0.2, 0.25) is 0 Å². The summed E-state index contributed by atoms with van der Waals surface area (Å²) in [5.41, 5.74) is 0.888. The van der Waals surface area contributed by atoms with Crippen LogP contribution in [0.25, 0.3) is 10.9 Å². The van der Waals surface area contributed by atoms with Gasteiger partial charge in [-0.25, -0.2) is 13.8 Å². The molecular formula is C19H17F2N3S2. The largest absolute Gasteiger partial charge is 0.274 e. The maximum atomic E-state index is 13.9. The Bertz CT molecular complexity index is 984. The average molecular weight is 389 g/mol. The van der Waals surface area contributed by atoms with Gasteiger partial charge in [0.1, 0.15) is 10.6 Å². The third-order valence-corrected chi connectivity index (χ3v) is 6.34. The highest BCUT2D eigenvalue weighted by atomic mass is 32.2. The first kappa shape index (κ1) is 17.5. The van der Waals surface area contributed by atoms with Gasteiger partial charge in [0, 0.05) is 39.9 Å². The molecule has 1 aromatic carbocycles. The quantitative estimate of drug-likeness (QED) is 0.615. The molecule has 3 heterocycles. The van der Waals surface area contributed by atoms with E-state index in [1.165, 1.54) is 0 Å². The van der Waals surface area contributed by atoms with Crippen LogP contribution in [0, 0.1) is 11.6 Å². The van der Waals surface area contributed by atoms with Gasteiger partial charge in [0.25, 0.3) is 0 Å².